The van der Waals surface area contributed by atoms with E-state index in [9.17, 15) is 0 Å². The Morgan fingerprint density at radius 3 is 2.47 bits per heavy atom. The van der Waals surface area contributed by atoms with Gasteiger partial charge in [0, 0.05) is 18.4 Å². The third-order valence-corrected chi connectivity index (χ3v) is 3.98. The van der Waals surface area contributed by atoms with Crippen LogP contribution < -0.4 is 10.6 Å². The molecule has 1 aromatic rings. The molecule has 94 valence electrons. The molecule has 2 aliphatic rings. The van der Waals surface area contributed by atoms with Gasteiger partial charge in [-0.25, -0.2) is 4.98 Å². The van der Waals surface area contributed by atoms with Crippen molar-refractivity contribution in [2.24, 2.45) is 0 Å². The zero-order valence-corrected chi connectivity index (χ0v) is 10.5. The first kappa shape index (κ1) is 11.2. The molecule has 0 bridgehead atoms. The van der Waals surface area contributed by atoms with Crippen LogP contribution in [0.2, 0.25) is 0 Å². The predicted octanol–water partition coefficient (Wildman–Crippen LogP) is 1.53. The molecule has 1 atom stereocenters. The summed E-state index contributed by atoms with van der Waals surface area (Å²) < 4.78 is 5.88. The quantitative estimate of drug-likeness (QED) is 0.816. The van der Waals surface area contributed by atoms with Gasteiger partial charge >= 0.3 is 0 Å². The molecule has 2 saturated heterocycles. The highest BCUT2D eigenvalue weighted by molar-refractivity contribution is 5.17. The minimum Gasteiger partial charge on any atom is -0.445 e. The molecule has 3 rings (SSSR count). The summed E-state index contributed by atoms with van der Waals surface area (Å²) in [6, 6.07) is 0. The largest absolute Gasteiger partial charge is 0.445 e. The Kier molecular flexibility index (Phi) is 3.16. The van der Waals surface area contributed by atoms with Gasteiger partial charge in [-0.3, -0.25) is 0 Å². The first-order valence-electron chi connectivity index (χ1n) is 6.73. The normalized spacial score (nSPS) is 26.5. The van der Waals surface area contributed by atoms with Crippen molar-refractivity contribution in [1.82, 2.24) is 15.6 Å². The average Bonchev–Trinajstić information content (AvgIpc) is 2.99. The zero-order valence-electron chi connectivity index (χ0n) is 10.5. The van der Waals surface area contributed by atoms with E-state index in [2.05, 4.69) is 17.6 Å². The number of rotatable bonds is 2. The fourth-order valence-corrected chi connectivity index (χ4v) is 2.94. The molecule has 2 fully saturated rings. The second-order valence-electron chi connectivity index (χ2n) is 5.21. The molecule has 0 spiro atoms. The molecule has 3 heterocycles. The Morgan fingerprint density at radius 1 is 1.06 bits per heavy atom. The van der Waals surface area contributed by atoms with Crippen molar-refractivity contribution < 1.29 is 4.42 Å². The van der Waals surface area contributed by atoms with Crippen molar-refractivity contribution >= 4 is 0 Å². The first-order valence-corrected chi connectivity index (χ1v) is 6.73. The Labute approximate surface area is 102 Å². The number of hydrogen-bond acceptors (Lipinski definition) is 4. The van der Waals surface area contributed by atoms with Gasteiger partial charge in [-0.2, -0.15) is 0 Å². The van der Waals surface area contributed by atoms with Crippen molar-refractivity contribution in [3.05, 3.63) is 17.3 Å². The topological polar surface area (TPSA) is 50.1 Å². The van der Waals surface area contributed by atoms with Crippen molar-refractivity contribution in [3.63, 3.8) is 0 Å². The van der Waals surface area contributed by atoms with Gasteiger partial charge in [0.15, 0.2) is 5.89 Å². The molecule has 0 aromatic carbocycles. The SMILES string of the molecule is Cc1oc(C2CCNC2)nc1C1CCNCC1. The number of nitrogens with zero attached hydrogens (tertiary/aromatic N) is 1. The third kappa shape index (κ3) is 2.24. The average molecular weight is 235 g/mol. The van der Waals surface area contributed by atoms with Crippen LogP contribution in [-0.4, -0.2) is 31.2 Å². The van der Waals surface area contributed by atoms with Crippen LogP contribution in [0, 0.1) is 6.92 Å². The first-order chi connectivity index (χ1) is 8.34. The lowest BCUT2D eigenvalue weighted by Crippen LogP contribution is -2.27. The smallest absolute Gasteiger partial charge is 0.199 e. The summed E-state index contributed by atoms with van der Waals surface area (Å²) in [4.78, 5) is 4.78. The van der Waals surface area contributed by atoms with Crippen LogP contribution in [0.25, 0.3) is 0 Å². The van der Waals surface area contributed by atoms with Gasteiger partial charge in [-0.05, 0) is 45.8 Å². The highest BCUT2D eigenvalue weighted by atomic mass is 16.4. The number of oxazole rings is 1. The van der Waals surface area contributed by atoms with Crippen molar-refractivity contribution in [1.29, 1.82) is 0 Å². The summed E-state index contributed by atoms with van der Waals surface area (Å²) in [7, 11) is 0. The molecule has 0 radical (unpaired) electrons. The molecule has 4 heteroatoms. The Bertz CT molecular complexity index is 376. The van der Waals surface area contributed by atoms with Gasteiger partial charge in [-0.15, -0.1) is 0 Å². The maximum Gasteiger partial charge on any atom is 0.199 e. The lowest BCUT2D eigenvalue weighted by Gasteiger charge is -2.20. The summed E-state index contributed by atoms with van der Waals surface area (Å²) in [5, 5.41) is 6.77. The van der Waals surface area contributed by atoms with Gasteiger partial charge in [0.05, 0.1) is 5.69 Å². The Balaban J connectivity index is 1.79. The van der Waals surface area contributed by atoms with Gasteiger partial charge in [-0.1, -0.05) is 0 Å². The number of aryl methyl sites for hydroxylation is 1. The van der Waals surface area contributed by atoms with E-state index >= 15 is 0 Å². The van der Waals surface area contributed by atoms with Crippen LogP contribution >= 0.6 is 0 Å². The molecule has 2 aliphatic heterocycles. The number of piperidine rings is 1. The van der Waals surface area contributed by atoms with E-state index in [0.717, 1.165) is 44.3 Å². The number of hydrogen-bond donors (Lipinski definition) is 2. The molecular formula is C13H21N3O. The Hall–Kier alpha value is -0.870. The van der Waals surface area contributed by atoms with E-state index in [-0.39, 0.29) is 0 Å². The standard InChI is InChI=1S/C13H21N3O/c1-9-12(10-2-5-14-6-3-10)16-13(17-9)11-4-7-15-8-11/h10-11,14-15H,2-8H2,1H3. The third-order valence-electron chi connectivity index (χ3n) is 3.98. The number of aromatic nitrogens is 1. The lowest BCUT2D eigenvalue weighted by atomic mass is 9.94. The predicted molar refractivity (Wildman–Crippen MR) is 66.3 cm³/mol. The van der Waals surface area contributed by atoms with E-state index in [4.69, 9.17) is 9.40 Å². The van der Waals surface area contributed by atoms with E-state index in [1.165, 1.54) is 18.5 Å². The van der Waals surface area contributed by atoms with Gasteiger partial charge in [0.1, 0.15) is 5.76 Å². The fraction of sp³-hybridized carbons (Fsp3) is 0.769. The highest BCUT2D eigenvalue weighted by Crippen LogP contribution is 2.31. The summed E-state index contributed by atoms with van der Waals surface area (Å²) >= 11 is 0. The second-order valence-corrected chi connectivity index (χ2v) is 5.21. The van der Waals surface area contributed by atoms with Gasteiger partial charge in [0.2, 0.25) is 0 Å². The lowest BCUT2D eigenvalue weighted by molar-refractivity contribution is 0.431. The highest BCUT2D eigenvalue weighted by Gasteiger charge is 2.26. The minimum atomic E-state index is 0.490. The van der Waals surface area contributed by atoms with E-state index in [0.29, 0.717) is 11.8 Å². The van der Waals surface area contributed by atoms with Crippen LogP contribution in [0.1, 0.15) is 48.4 Å². The molecule has 1 aromatic heterocycles. The minimum absolute atomic E-state index is 0.490. The van der Waals surface area contributed by atoms with Crippen LogP contribution in [-0.2, 0) is 0 Å². The molecule has 0 saturated carbocycles. The molecule has 0 aliphatic carbocycles. The van der Waals surface area contributed by atoms with Crippen LogP contribution in [0.4, 0.5) is 0 Å². The van der Waals surface area contributed by atoms with Crippen LogP contribution in [0.15, 0.2) is 4.42 Å². The fourth-order valence-electron chi connectivity index (χ4n) is 2.94. The van der Waals surface area contributed by atoms with Crippen LogP contribution in [0.5, 0.6) is 0 Å². The van der Waals surface area contributed by atoms with Crippen molar-refractivity contribution in [3.8, 4) is 0 Å². The van der Waals surface area contributed by atoms with Gasteiger partial charge in [0.25, 0.3) is 0 Å². The molecule has 17 heavy (non-hydrogen) atoms. The number of nitrogens with one attached hydrogen (secondary N) is 2. The molecule has 1 unspecified atom stereocenters. The van der Waals surface area contributed by atoms with E-state index in [1.54, 1.807) is 0 Å². The molecule has 2 N–H and O–H groups in total. The summed E-state index contributed by atoms with van der Waals surface area (Å²) in [6.45, 7) is 6.39. The molecular weight excluding hydrogens is 214 g/mol. The van der Waals surface area contributed by atoms with Crippen molar-refractivity contribution in [2.45, 2.75) is 38.0 Å². The monoisotopic (exact) mass is 235 g/mol. The van der Waals surface area contributed by atoms with Crippen molar-refractivity contribution in [2.75, 3.05) is 26.2 Å². The maximum atomic E-state index is 5.88. The van der Waals surface area contributed by atoms with E-state index in [1.807, 2.05) is 0 Å². The van der Waals surface area contributed by atoms with Crippen LogP contribution in [0.3, 0.4) is 0 Å². The zero-order chi connectivity index (χ0) is 11.7. The summed E-state index contributed by atoms with van der Waals surface area (Å²) in [6.07, 6.45) is 3.54. The maximum absolute atomic E-state index is 5.88. The van der Waals surface area contributed by atoms with Gasteiger partial charge < -0.3 is 15.1 Å². The summed E-state index contributed by atoms with van der Waals surface area (Å²) in [5.74, 6) is 3.09. The molecule has 4 nitrogen and oxygen atoms in total. The second kappa shape index (κ2) is 4.78. The summed E-state index contributed by atoms with van der Waals surface area (Å²) in [5.41, 5.74) is 1.22. The van der Waals surface area contributed by atoms with E-state index < -0.39 is 0 Å². The Morgan fingerprint density at radius 2 is 1.76 bits per heavy atom. The molecule has 0 amide bonds.